The maximum atomic E-state index is 11.1. The average molecular weight is 185 g/mol. The van der Waals surface area contributed by atoms with Gasteiger partial charge in [-0.05, 0) is 12.8 Å². The van der Waals surface area contributed by atoms with E-state index in [4.69, 9.17) is 5.11 Å². The molecule has 0 saturated heterocycles. The zero-order valence-electron chi connectivity index (χ0n) is 7.82. The Morgan fingerprint density at radius 2 is 1.92 bits per heavy atom. The highest BCUT2D eigenvalue weighted by Crippen LogP contribution is 2.32. The Hall–Kier alpha value is -1.06. The van der Waals surface area contributed by atoms with Crippen LogP contribution in [0.15, 0.2) is 0 Å². The Bertz CT molecular complexity index is 209. The molecule has 4 heteroatoms. The van der Waals surface area contributed by atoms with E-state index in [0.29, 0.717) is 19.3 Å². The van der Waals surface area contributed by atoms with Gasteiger partial charge in [0.15, 0.2) is 0 Å². The number of carboxylic acids is 1. The Morgan fingerprint density at radius 3 is 2.31 bits per heavy atom. The molecule has 0 atom stereocenters. The summed E-state index contributed by atoms with van der Waals surface area (Å²) in [5, 5.41) is 9.09. The van der Waals surface area contributed by atoms with Gasteiger partial charge in [-0.3, -0.25) is 4.79 Å². The molecule has 0 aliphatic heterocycles. The lowest BCUT2D eigenvalue weighted by Gasteiger charge is -2.38. The fourth-order valence-corrected chi connectivity index (χ4v) is 1.95. The van der Waals surface area contributed by atoms with E-state index in [1.165, 1.54) is 4.90 Å². The van der Waals surface area contributed by atoms with Crippen LogP contribution in [0.5, 0.6) is 0 Å². The minimum absolute atomic E-state index is 0.581. The molecule has 0 unspecified atom stereocenters. The third-order valence-corrected chi connectivity index (χ3v) is 2.91. The van der Waals surface area contributed by atoms with E-state index in [1.54, 1.807) is 7.05 Å². The average Bonchev–Trinajstić information content (AvgIpc) is 2.17. The smallest absolute Gasteiger partial charge is 0.329 e. The van der Waals surface area contributed by atoms with Gasteiger partial charge >= 0.3 is 5.97 Å². The highest BCUT2D eigenvalue weighted by molar-refractivity contribution is 5.81. The monoisotopic (exact) mass is 185 g/mol. The van der Waals surface area contributed by atoms with Crippen LogP contribution in [-0.4, -0.2) is 35.0 Å². The predicted octanol–water partition coefficient (Wildman–Crippen LogP) is 0.862. The lowest BCUT2D eigenvalue weighted by atomic mass is 9.81. The summed E-state index contributed by atoms with van der Waals surface area (Å²) in [7, 11) is 1.55. The van der Waals surface area contributed by atoms with Gasteiger partial charge in [0, 0.05) is 7.05 Å². The molecule has 0 bridgehead atoms. The number of hydrogen-bond donors (Lipinski definition) is 1. The Balaban J connectivity index is 2.84. The maximum absolute atomic E-state index is 11.1. The molecular weight excluding hydrogens is 170 g/mol. The molecule has 0 aromatic carbocycles. The van der Waals surface area contributed by atoms with E-state index in [1.807, 2.05) is 0 Å². The number of amides is 1. The Labute approximate surface area is 77.5 Å². The number of nitrogens with zero attached hydrogens (tertiary/aromatic N) is 1. The fourth-order valence-electron chi connectivity index (χ4n) is 1.95. The number of carbonyl (C=O) groups is 2. The zero-order valence-corrected chi connectivity index (χ0v) is 7.82. The molecule has 0 aromatic rings. The molecule has 1 saturated carbocycles. The number of aliphatic carboxylic acids is 1. The highest BCUT2D eigenvalue weighted by Gasteiger charge is 2.42. The van der Waals surface area contributed by atoms with Gasteiger partial charge in [0.05, 0.1) is 0 Å². The number of hydrogen-bond acceptors (Lipinski definition) is 2. The largest absolute Gasteiger partial charge is 0.479 e. The number of carbonyl (C=O) groups excluding carboxylic acids is 1. The van der Waals surface area contributed by atoms with E-state index in [9.17, 15) is 9.59 Å². The van der Waals surface area contributed by atoms with Gasteiger partial charge in [-0.1, -0.05) is 19.3 Å². The first kappa shape index (κ1) is 10.0. The van der Waals surface area contributed by atoms with E-state index in [2.05, 4.69) is 0 Å². The molecule has 13 heavy (non-hydrogen) atoms. The van der Waals surface area contributed by atoms with Gasteiger partial charge in [0.1, 0.15) is 5.54 Å². The van der Waals surface area contributed by atoms with Crippen molar-refractivity contribution >= 4 is 12.4 Å². The second-order valence-electron chi connectivity index (χ2n) is 3.61. The van der Waals surface area contributed by atoms with Gasteiger partial charge in [-0.2, -0.15) is 0 Å². The third-order valence-electron chi connectivity index (χ3n) is 2.91. The second kappa shape index (κ2) is 3.77. The minimum Gasteiger partial charge on any atom is -0.479 e. The molecular formula is C9H15NO3. The third kappa shape index (κ3) is 1.66. The van der Waals surface area contributed by atoms with Crippen molar-refractivity contribution in [1.29, 1.82) is 0 Å². The number of likely N-dealkylation sites (N-methyl/N-ethyl adjacent to an activating group) is 1. The number of rotatable bonds is 3. The normalized spacial score (nSPS) is 20.7. The van der Waals surface area contributed by atoms with Crippen LogP contribution in [0.3, 0.4) is 0 Å². The first-order chi connectivity index (χ1) is 6.13. The molecule has 1 rings (SSSR count). The summed E-state index contributed by atoms with van der Waals surface area (Å²) in [4.78, 5) is 23.0. The van der Waals surface area contributed by atoms with Crippen LogP contribution in [0, 0.1) is 0 Å². The van der Waals surface area contributed by atoms with Crippen molar-refractivity contribution in [2.24, 2.45) is 0 Å². The van der Waals surface area contributed by atoms with Crippen molar-refractivity contribution in [1.82, 2.24) is 4.90 Å². The molecule has 4 nitrogen and oxygen atoms in total. The Morgan fingerprint density at radius 1 is 1.38 bits per heavy atom. The first-order valence-electron chi connectivity index (χ1n) is 4.55. The lowest BCUT2D eigenvalue weighted by Crippen LogP contribution is -2.53. The van der Waals surface area contributed by atoms with Crippen molar-refractivity contribution in [3.05, 3.63) is 0 Å². The molecule has 1 fully saturated rings. The summed E-state index contributed by atoms with van der Waals surface area (Å²) in [6.07, 6.45) is 4.63. The zero-order chi connectivity index (χ0) is 9.90. The van der Waals surface area contributed by atoms with Crippen LogP contribution < -0.4 is 0 Å². The number of carboxylic acid groups (broad SMARTS) is 1. The van der Waals surface area contributed by atoms with Gasteiger partial charge in [0.25, 0.3) is 0 Å². The quantitative estimate of drug-likeness (QED) is 0.663. The summed E-state index contributed by atoms with van der Waals surface area (Å²) in [6, 6.07) is 0. The lowest BCUT2D eigenvalue weighted by molar-refractivity contribution is -0.156. The van der Waals surface area contributed by atoms with Crippen LogP contribution in [0.2, 0.25) is 0 Å². The van der Waals surface area contributed by atoms with Gasteiger partial charge in [-0.15, -0.1) is 0 Å². The first-order valence-corrected chi connectivity index (χ1v) is 4.55. The molecule has 74 valence electrons. The molecule has 0 heterocycles. The van der Waals surface area contributed by atoms with Gasteiger partial charge < -0.3 is 10.0 Å². The standard InChI is InChI=1S/C9H15NO3/c1-10(7-11)9(8(12)13)5-3-2-4-6-9/h7H,2-6H2,1H3,(H,12,13). The molecule has 1 aliphatic carbocycles. The van der Waals surface area contributed by atoms with Crippen LogP contribution >= 0.6 is 0 Å². The molecule has 0 spiro atoms. The summed E-state index contributed by atoms with van der Waals surface area (Å²) in [6.45, 7) is 0. The van der Waals surface area contributed by atoms with Gasteiger partial charge in [-0.25, -0.2) is 4.79 Å². The predicted molar refractivity (Wildman–Crippen MR) is 47.3 cm³/mol. The van der Waals surface area contributed by atoms with Crippen LogP contribution in [0.4, 0.5) is 0 Å². The molecule has 0 radical (unpaired) electrons. The topological polar surface area (TPSA) is 57.6 Å². The van der Waals surface area contributed by atoms with Crippen LogP contribution in [0.1, 0.15) is 32.1 Å². The van der Waals surface area contributed by atoms with Crippen molar-refractivity contribution < 1.29 is 14.7 Å². The summed E-state index contributed by atoms with van der Waals surface area (Å²) in [5.41, 5.74) is -0.931. The maximum Gasteiger partial charge on any atom is 0.329 e. The fraction of sp³-hybridized carbons (Fsp3) is 0.778. The molecule has 1 amide bonds. The van der Waals surface area contributed by atoms with Crippen LogP contribution in [0.25, 0.3) is 0 Å². The van der Waals surface area contributed by atoms with Gasteiger partial charge in [0.2, 0.25) is 6.41 Å². The van der Waals surface area contributed by atoms with Crippen molar-refractivity contribution in [2.45, 2.75) is 37.6 Å². The second-order valence-corrected chi connectivity index (χ2v) is 3.61. The van der Waals surface area contributed by atoms with E-state index in [-0.39, 0.29) is 0 Å². The van der Waals surface area contributed by atoms with Crippen LogP contribution in [-0.2, 0) is 9.59 Å². The SMILES string of the molecule is CN(C=O)C1(C(=O)O)CCCCC1. The summed E-state index contributed by atoms with van der Waals surface area (Å²) in [5.74, 6) is -0.873. The van der Waals surface area contributed by atoms with E-state index >= 15 is 0 Å². The van der Waals surface area contributed by atoms with E-state index < -0.39 is 11.5 Å². The molecule has 0 aromatic heterocycles. The minimum atomic E-state index is -0.931. The van der Waals surface area contributed by atoms with Crippen molar-refractivity contribution in [3.8, 4) is 0 Å². The van der Waals surface area contributed by atoms with E-state index in [0.717, 1.165) is 19.3 Å². The van der Waals surface area contributed by atoms with Crippen molar-refractivity contribution in [2.75, 3.05) is 7.05 Å². The summed E-state index contributed by atoms with van der Waals surface area (Å²) < 4.78 is 0. The van der Waals surface area contributed by atoms with Crippen molar-refractivity contribution in [3.63, 3.8) is 0 Å². The molecule has 1 N–H and O–H groups in total. The Kier molecular flexibility index (Phi) is 2.90. The summed E-state index contributed by atoms with van der Waals surface area (Å²) >= 11 is 0. The molecule has 1 aliphatic rings. The highest BCUT2D eigenvalue weighted by atomic mass is 16.4.